The lowest BCUT2D eigenvalue weighted by atomic mass is 10.2. The third kappa shape index (κ3) is 6.33. The Bertz CT molecular complexity index is 1520. The first-order valence-corrected chi connectivity index (χ1v) is 14.2. The molecule has 3 aromatic heterocycles. The summed E-state index contributed by atoms with van der Waals surface area (Å²) in [7, 11) is -4.04. The molecule has 0 aliphatic carbocycles. The highest BCUT2D eigenvalue weighted by Gasteiger charge is 2.36. The van der Waals surface area contributed by atoms with E-state index in [0.29, 0.717) is 24.0 Å². The minimum Gasteiger partial charge on any atom is -0.444 e. The first kappa shape index (κ1) is 29.2. The van der Waals surface area contributed by atoms with Crippen molar-refractivity contribution in [3.05, 3.63) is 12.4 Å². The number of fused-ring (bicyclic) bond motifs is 1. The van der Waals surface area contributed by atoms with Gasteiger partial charge in [0.25, 0.3) is 0 Å². The highest BCUT2D eigenvalue weighted by molar-refractivity contribution is 7.89. The fraction of sp³-hybridized carbons (Fsp3) is 0.583. The van der Waals surface area contributed by atoms with Crippen LogP contribution in [0.2, 0.25) is 0 Å². The summed E-state index contributed by atoms with van der Waals surface area (Å²) in [4.78, 5) is 33.1. The molecule has 40 heavy (non-hydrogen) atoms. The number of anilines is 1. The maximum atomic E-state index is 13.8. The van der Waals surface area contributed by atoms with Gasteiger partial charge in [0.1, 0.15) is 21.6 Å². The summed E-state index contributed by atoms with van der Waals surface area (Å²) in [5, 5.41) is 12.9. The molecule has 2 amide bonds. The number of alkyl carbamates (subject to hydrolysis) is 1. The van der Waals surface area contributed by atoms with Gasteiger partial charge < -0.3 is 19.4 Å². The molecule has 2 N–H and O–H groups in total. The Morgan fingerprint density at radius 2 is 1.75 bits per heavy atom. The van der Waals surface area contributed by atoms with Crippen molar-refractivity contribution in [1.82, 2.24) is 34.5 Å². The van der Waals surface area contributed by atoms with Crippen LogP contribution in [0.15, 0.2) is 21.9 Å². The van der Waals surface area contributed by atoms with Crippen molar-refractivity contribution in [2.24, 2.45) is 0 Å². The predicted octanol–water partition coefficient (Wildman–Crippen LogP) is 3.14. The summed E-state index contributed by atoms with van der Waals surface area (Å²) in [5.41, 5.74) is -0.721. The molecule has 15 nitrogen and oxygen atoms in total. The van der Waals surface area contributed by atoms with E-state index >= 15 is 0 Å². The van der Waals surface area contributed by atoms with Crippen molar-refractivity contribution >= 4 is 39.1 Å². The molecule has 218 valence electrons. The van der Waals surface area contributed by atoms with Crippen LogP contribution in [-0.4, -0.2) is 80.1 Å². The smallest absolute Gasteiger partial charge is 0.413 e. The number of carbonyl (C=O) groups is 2. The number of carbonyl (C=O) groups excluding carboxylic acids is 2. The summed E-state index contributed by atoms with van der Waals surface area (Å²) >= 11 is 0. The van der Waals surface area contributed by atoms with Crippen LogP contribution < -0.4 is 10.6 Å². The van der Waals surface area contributed by atoms with Gasteiger partial charge >= 0.3 is 12.2 Å². The van der Waals surface area contributed by atoms with E-state index in [9.17, 15) is 18.0 Å². The molecular weight excluding hydrogens is 544 g/mol. The van der Waals surface area contributed by atoms with Crippen molar-refractivity contribution in [3.63, 3.8) is 0 Å². The summed E-state index contributed by atoms with van der Waals surface area (Å²) in [6.45, 7) is 12.8. The van der Waals surface area contributed by atoms with Gasteiger partial charge in [-0.3, -0.25) is 10.3 Å². The molecule has 3 aromatic rings. The number of pyridine rings is 1. The first-order chi connectivity index (χ1) is 18.6. The Morgan fingerprint density at radius 1 is 1.07 bits per heavy atom. The molecule has 0 saturated carbocycles. The fourth-order valence-corrected chi connectivity index (χ4v) is 5.88. The van der Waals surface area contributed by atoms with Crippen molar-refractivity contribution in [1.29, 1.82) is 0 Å². The van der Waals surface area contributed by atoms with Crippen molar-refractivity contribution < 1.29 is 32.1 Å². The van der Waals surface area contributed by atoms with Gasteiger partial charge in [0.2, 0.25) is 15.8 Å². The van der Waals surface area contributed by atoms with E-state index in [0.717, 1.165) is 0 Å². The number of aryl methyl sites for hydroxylation is 1. The molecule has 1 fully saturated rings. The topological polar surface area (TPSA) is 184 Å². The average molecular weight is 579 g/mol. The third-order valence-corrected chi connectivity index (χ3v) is 7.61. The average Bonchev–Trinajstić information content (AvgIpc) is 3.54. The number of hydrogen-bond donors (Lipinski definition) is 2. The molecular formula is C24H34N8O7S. The van der Waals surface area contributed by atoms with Gasteiger partial charge in [0.15, 0.2) is 11.5 Å². The summed E-state index contributed by atoms with van der Waals surface area (Å²) in [6, 6.07) is -0.411. The number of nitrogens with one attached hydrogen (secondary N) is 2. The molecule has 0 unspecified atom stereocenters. The van der Waals surface area contributed by atoms with E-state index in [-0.39, 0.29) is 35.3 Å². The number of aromatic nitrogens is 5. The molecule has 4 heterocycles. The SMILES string of the molecule is CCn1c(-c2nonc2NC(=O)OC(C)(C)C)nc2cncc(S(=O)(=O)N3CC[C@@H](NC(=O)OC(C)(C)C)C3)c21. The zero-order valence-electron chi connectivity index (χ0n) is 23.5. The molecule has 1 aliphatic rings. The second-order valence-electron chi connectivity index (χ2n) is 11.3. The minimum absolute atomic E-state index is 0.0350. The molecule has 1 atom stereocenters. The van der Waals surface area contributed by atoms with Crippen molar-refractivity contribution in [2.45, 2.75) is 83.6 Å². The fourth-order valence-electron chi connectivity index (χ4n) is 4.23. The molecule has 0 bridgehead atoms. The number of ether oxygens (including phenoxy) is 2. The highest BCUT2D eigenvalue weighted by atomic mass is 32.2. The van der Waals surface area contributed by atoms with E-state index in [1.54, 1.807) is 46.1 Å². The van der Waals surface area contributed by atoms with Gasteiger partial charge in [-0.1, -0.05) is 0 Å². The monoisotopic (exact) mass is 578 g/mol. The second-order valence-corrected chi connectivity index (χ2v) is 13.2. The lowest BCUT2D eigenvalue weighted by molar-refractivity contribution is 0.0506. The predicted molar refractivity (Wildman–Crippen MR) is 143 cm³/mol. The van der Waals surface area contributed by atoms with E-state index in [1.807, 2.05) is 6.92 Å². The van der Waals surface area contributed by atoms with E-state index in [1.165, 1.54) is 16.7 Å². The van der Waals surface area contributed by atoms with Crippen LogP contribution in [0.4, 0.5) is 15.4 Å². The molecule has 1 aliphatic heterocycles. The lowest BCUT2D eigenvalue weighted by Crippen LogP contribution is -2.41. The van der Waals surface area contributed by atoms with Gasteiger partial charge in [0, 0.05) is 31.9 Å². The summed E-state index contributed by atoms with van der Waals surface area (Å²) in [5.74, 6) is 0.187. The number of hydrogen-bond acceptors (Lipinski definition) is 11. The Kier molecular flexibility index (Phi) is 7.77. The molecule has 4 rings (SSSR count). The highest BCUT2D eigenvalue weighted by Crippen LogP contribution is 2.33. The molecule has 0 spiro atoms. The zero-order valence-corrected chi connectivity index (χ0v) is 24.3. The van der Waals surface area contributed by atoms with Crippen LogP contribution in [0, 0.1) is 0 Å². The van der Waals surface area contributed by atoms with E-state index in [4.69, 9.17) is 14.1 Å². The van der Waals surface area contributed by atoms with Crippen molar-refractivity contribution in [3.8, 4) is 11.5 Å². The first-order valence-electron chi connectivity index (χ1n) is 12.8. The van der Waals surface area contributed by atoms with Crippen LogP contribution in [-0.2, 0) is 26.0 Å². The molecule has 16 heteroatoms. The van der Waals surface area contributed by atoms with Crippen LogP contribution in [0.25, 0.3) is 22.6 Å². The minimum atomic E-state index is -4.04. The molecule has 1 saturated heterocycles. The van der Waals surface area contributed by atoms with Crippen LogP contribution in [0.1, 0.15) is 54.9 Å². The zero-order chi connectivity index (χ0) is 29.5. The third-order valence-electron chi connectivity index (χ3n) is 5.74. The maximum absolute atomic E-state index is 13.8. The van der Waals surface area contributed by atoms with Gasteiger partial charge in [-0.05, 0) is 65.2 Å². The van der Waals surface area contributed by atoms with Gasteiger partial charge in [-0.25, -0.2) is 27.6 Å². The Labute approximate surface area is 231 Å². The lowest BCUT2D eigenvalue weighted by Gasteiger charge is -2.22. The number of imidazole rings is 1. The number of rotatable bonds is 6. The second kappa shape index (κ2) is 10.6. The van der Waals surface area contributed by atoms with E-state index < -0.39 is 39.5 Å². The molecule has 0 aromatic carbocycles. The largest absolute Gasteiger partial charge is 0.444 e. The summed E-state index contributed by atoms with van der Waals surface area (Å²) in [6.07, 6.45) is 1.76. The maximum Gasteiger partial charge on any atom is 0.413 e. The van der Waals surface area contributed by atoms with Crippen LogP contribution >= 0.6 is 0 Å². The van der Waals surface area contributed by atoms with Gasteiger partial charge in [0.05, 0.1) is 11.7 Å². The Hall–Kier alpha value is -3.79. The quantitative estimate of drug-likeness (QED) is 0.438. The standard InChI is InChI=1S/C24H34N8O7S/c1-8-32-18-15(27-20(32)17-19(30-39-29-17)28-22(34)38-24(5,6)7)11-25-12-16(18)40(35,36)31-10-9-14(13-31)26-21(33)37-23(2,3)4/h11-12,14H,8-10,13H2,1-7H3,(H,26,33)(H,28,30,34)/t14-/m1/s1. The number of sulfonamides is 1. The van der Waals surface area contributed by atoms with Crippen molar-refractivity contribution in [2.75, 3.05) is 18.4 Å². The van der Waals surface area contributed by atoms with Gasteiger partial charge in [-0.15, -0.1) is 0 Å². The normalized spacial score (nSPS) is 16.7. The Morgan fingerprint density at radius 3 is 2.40 bits per heavy atom. The number of amides is 2. The summed E-state index contributed by atoms with van der Waals surface area (Å²) < 4.78 is 46.0. The van der Waals surface area contributed by atoms with Crippen LogP contribution in [0.5, 0.6) is 0 Å². The molecule has 0 radical (unpaired) electrons. The van der Waals surface area contributed by atoms with Gasteiger partial charge in [-0.2, -0.15) is 4.31 Å². The number of nitrogens with zero attached hydrogens (tertiary/aromatic N) is 6. The van der Waals surface area contributed by atoms with Crippen LogP contribution in [0.3, 0.4) is 0 Å². The Balaban J connectivity index is 1.64. The van der Waals surface area contributed by atoms with E-state index in [2.05, 4.69) is 30.9 Å².